The topological polar surface area (TPSA) is 82.2 Å². The third kappa shape index (κ3) is 4.64. The number of carbonyl (C=O) groups is 1. The largest absolute Gasteiger partial charge is 0.376 e. The van der Waals surface area contributed by atoms with Crippen molar-refractivity contribution in [1.82, 2.24) is 10.2 Å². The van der Waals surface area contributed by atoms with Gasteiger partial charge in [-0.05, 0) is 47.2 Å². The van der Waals surface area contributed by atoms with Gasteiger partial charge in [0.25, 0.3) is 0 Å². The second-order valence-corrected chi connectivity index (χ2v) is 7.04. The van der Waals surface area contributed by atoms with Gasteiger partial charge < -0.3 is 20.9 Å². The van der Waals surface area contributed by atoms with Gasteiger partial charge in [0.05, 0.1) is 11.9 Å². The molecule has 3 aromatic carbocycles. The lowest BCUT2D eigenvalue weighted by molar-refractivity contribution is 0.262. The summed E-state index contributed by atoms with van der Waals surface area (Å²) in [5, 5.41) is 19.2. The highest BCUT2D eigenvalue weighted by Gasteiger charge is 2.05. The molecule has 0 saturated carbocycles. The summed E-state index contributed by atoms with van der Waals surface area (Å²) in [6, 6.07) is 22.9. The van der Waals surface area contributed by atoms with E-state index in [2.05, 4.69) is 26.1 Å². The number of anilines is 5. The molecule has 0 fully saturated rings. The van der Waals surface area contributed by atoms with E-state index in [9.17, 15) is 4.79 Å². The predicted molar refractivity (Wildman–Crippen MR) is 123 cm³/mol. The number of nitrogens with zero attached hydrogens (tertiary/aromatic N) is 3. The molecular formula is C23H22N6O. The molecule has 1 heterocycles. The maximum atomic E-state index is 12.3. The second-order valence-electron chi connectivity index (χ2n) is 7.04. The standard InChI is InChI=1S/C23H22N6O/c1-29(2)21-14-22(28-24-15-21)25-18-9-11-19(12-10-18)26-23(30)27-20-8-7-16-5-3-4-6-17(16)13-20/h3-15H,1-2H3,(H,25,28)(H2,26,27,30). The number of fused-ring (bicyclic) bond motifs is 1. The molecule has 0 unspecified atom stereocenters. The predicted octanol–water partition coefficient (Wildman–Crippen LogP) is 5.08. The van der Waals surface area contributed by atoms with Crippen molar-refractivity contribution in [2.75, 3.05) is 34.9 Å². The van der Waals surface area contributed by atoms with Crippen LogP contribution in [0.1, 0.15) is 0 Å². The van der Waals surface area contributed by atoms with Crippen LogP contribution in [0.5, 0.6) is 0 Å². The van der Waals surface area contributed by atoms with Crippen molar-refractivity contribution in [2.45, 2.75) is 0 Å². The van der Waals surface area contributed by atoms with E-state index >= 15 is 0 Å². The zero-order chi connectivity index (χ0) is 20.9. The van der Waals surface area contributed by atoms with Crippen LogP contribution in [0, 0.1) is 0 Å². The molecule has 4 aromatic rings. The Morgan fingerprint density at radius 1 is 0.800 bits per heavy atom. The molecule has 0 saturated heterocycles. The van der Waals surface area contributed by atoms with E-state index in [0.717, 1.165) is 27.8 Å². The van der Waals surface area contributed by atoms with Crippen LogP contribution >= 0.6 is 0 Å². The summed E-state index contributed by atoms with van der Waals surface area (Å²) in [5.74, 6) is 0.649. The van der Waals surface area contributed by atoms with Crippen LogP contribution in [0.15, 0.2) is 79.0 Å². The maximum Gasteiger partial charge on any atom is 0.323 e. The number of benzene rings is 3. The molecule has 3 N–H and O–H groups in total. The van der Waals surface area contributed by atoms with E-state index in [4.69, 9.17) is 0 Å². The summed E-state index contributed by atoms with van der Waals surface area (Å²) in [6.45, 7) is 0. The van der Waals surface area contributed by atoms with Crippen LogP contribution in [-0.4, -0.2) is 30.3 Å². The lowest BCUT2D eigenvalue weighted by Gasteiger charge is -2.13. The second kappa shape index (κ2) is 8.48. The van der Waals surface area contributed by atoms with Gasteiger partial charge in [-0.3, -0.25) is 0 Å². The molecule has 150 valence electrons. The lowest BCUT2D eigenvalue weighted by atomic mass is 10.1. The molecule has 7 nitrogen and oxygen atoms in total. The molecule has 0 aliphatic rings. The number of nitrogens with one attached hydrogen (secondary N) is 3. The third-order valence-corrected chi connectivity index (χ3v) is 4.58. The van der Waals surface area contributed by atoms with Crippen molar-refractivity contribution in [1.29, 1.82) is 0 Å². The number of carbonyl (C=O) groups excluding carboxylic acids is 1. The lowest BCUT2D eigenvalue weighted by Crippen LogP contribution is -2.19. The zero-order valence-corrected chi connectivity index (χ0v) is 16.8. The molecule has 7 heteroatoms. The van der Waals surface area contributed by atoms with E-state index < -0.39 is 0 Å². The highest BCUT2D eigenvalue weighted by atomic mass is 16.2. The van der Waals surface area contributed by atoms with Gasteiger partial charge in [0.2, 0.25) is 0 Å². The monoisotopic (exact) mass is 398 g/mol. The van der Waals surface area contributed by atoms with E-state index in [1.807, 2.05) is 91.8 Å². The van der Waals surface area contributed by atoms with Crippen molar-refractivity contribution in [2.24, 2.45) is 0 Å². The Morgan fingerprint density at radius 3 is 2.23 bits per heavy atom. The van der Waals surface area contributed by atoms with Gasteiger partial charge in [0.15, 0.2) is 5.82 Å². The van der Waals surface area contributed by atoms with Gasteiger partial charge >= 0.3 is 6.03 Å². The first kappa shape index (κ1) is 19.2. The first-order valence-corrected chi connectivity index (χ1v) is 9.51. The summed E-state index contributed by atoms with van der Waals surface area (Å²) in [6.07, 6.45) is 1.70. The number of hydrogen-bond donors (Lipinski definition) is 3. The first-order valence-electron chi connectivity index (χ1n) is 9.51. The minimum absolute atomic E-state index is 0.296. The molecule has 0 radical (unpaired) electrons. The highest BCUT2D eigenvalue weighted by Crippen LogP contribution is 2.21. The Hall–Kier alpha value is -4.13. The Kier molecular flexibility index (Phi) is 5.43. The SMILES string of the molecule is CN(C)c1cnnc(Nc2ccc(NC(=O)Nc3ccc4ccccc4c3)cc2)c1. The van der Waals surface area contributed by atoms with Crippen LogP contribution in [0.2, 0.25) is 0 Å². The number of rotatable bonds is 5. The fourth-order valence-corrected chi connectivity index (χ4v) is 3.01. The molecule has 0 bridgehead atoms. The van der Waals surface area contributed by atoms with Gasteiger partial charge in [-0.25, -0.2) is 4.79 Å². The number of hydrogen-bond acceptors (Lipinski definition) is 5. The van der Waals surface area contributed by atoms with Gasteiger partial charge in [0, 0.05) is 37.2 Å². The molecule has 0 aliphatic carbocycles. The fourth-order valence-electron chi connectivity index (χ4n) is 3.01. The van der Waals surface area contributed by atoms with Crippen molar-refractivity contribution in [3.63, 3.8) is 0 Å². The van der Waals surface area contributed by atoms with Gasteiger partial charge in [0.1, 0.15) is 0 Å². The van der Waals surface area contributed by atoms with Crippen LogP contribution in [-0.2, 0) is 0 Å². The summed E-state index contributed by atoms with van der Waals surface area (Å²) in [7, 11) is 3.90. The van der Waals surface area contributed by atoms with Crippen molar-refractivity contribution in [3.8, 4) is 0 Å². The van der Waals surface area contributed by atoms with Crippen LogP contribution < -0.4 is 20.9 Å². The van der Waals surface area contributed by atoms with Gasteiger partial charge in [-0.1, -0.05) is 30.3 Å². The Bertz CT molecular complexity index is 1170. The molecule has 0 spiro atoms. The summed E-state index contributed by atoms with van der Waals surface area (Å²) >= 11 is 0. The normalized spacial score (nSPS) is 10.5. The Balaban J connectivity index is 1.37. The van der Waals surface area contributed by atoms with Crippen LogP contribution in [0.4, 0.5) is 33.4 Å². The number of aromatic nitrogens is 2. The smallest absolute Gasteiger partial charge is 0.323 e. The molecule has 1 aromatic heterocycles. The van der Waals surface area contributed by atoms with Crippen LogP contribution in [0.25, 0.3) is 10.8 Å². The molecule has 0 aliphatic heterocycles. The number of urea groups is 1. The fraction of sp³-hybridized carbons (Fsp3) is 0.0870. The van der Waals surface area contributed by atoms with E-state index in [1.165, 1.54) is 0 Å². The van der Waals surface area contributed by atoms with E-state index in [-0.39, 0.29) is 6.03 Å². The quantitative estimate of drug-likeness (QED) is 0.437. The highest BCUT2D eigenvalue weighted by molar-refractivity contribution is 6.01. The van der Waals surface area contributed by atoms with E-state index in [1.54, 1.807) is 6.20 Å². The molecule has 30 heavy (non-hydrogen) atoms. The minimum Gasteiger partial charge on any atom is -0.376 e. The van der Waals surface area contributed by atoms with Gasteiger partial charge in [-0.2, -0.15) is 5.10 Å². The maximum absolute atomic E-state index is 12.3. The van der Waals surface area contributed by atoms with E-state index in [0.29, 0.717) is 11.5 Å². The average molecular weight is 398 g/mol. The zero-order valence-electron chi connectivity index (χ0n) is 16.8. The van der Waals surface area contributed by atoms with Gasteiger partial charge in [-0.15, -0.1) is 5.10 Å². The minimum atomic E-state index is -0.296. The van der Waals surface area contributed by atoms with Crippen molar-refractivity contribution >= 4 is 45.4 Å². The molecule has 4 rings (SSSR count). The van der Waals surface area contributed by atoms with Crippen LogP contribution in [0.3, 0.4) is 0 Å². The Morgan fingerprint density at radius 2 is 1.47 bits per heavy atom. The summed E-state index contributed by atoms with van der Waals surface area (Å²) in [4.78, 5) is 14.3. The third-order valence-electron chi connectivity index (χ3n) is 4.58. The Labute approximate surface area is 174 Å². The summed E-state index contributed by atoms with van der Waals surface area (Å²) < 4.78 is 0. The molecule has 0 atom stereocenters. The molecule has 2 amide bonds. The summed E-state index contributed by atoms with van der Waals surface area (Å²) in [5.41, 5.74) is 3.23. The first-order chi connectivity index (χ1) is 14.6. The molecular weight excluding hydrogens is 376 g/mol. The van der Waals surface area contributed by atoms with Crippen molar-refractivity contribution < 1.29 is 4.79 Å². The average Bonchev–Trinajstić information content (AvgIpc) is 2.75. The number of amides is 2. The van der Waals surface area contributed by atoms with Crippen molar-refractivity contribution in [3.05, 3.63) is 79.0 Å².